The molecule has 1 fully saturated rings. The number of unbranched alkanes of at least 4 members (excludes halogenated alkanes) is 1. The van der Waals surface area contributed by atoms with Crippen LogP contribution in [-0.2, 0) is 0 Å². The van der Waals surface area contributed by atoms with Crippen molar-refractivity contribution < 1.29 is 0 Å². The van der Waals surface area contributed by atoms with Gasteiger partial charge in [-0.1, -0.05) is 19.4 Å². The molecule has 0 amide bonds. The summed E-state index contributed by atoms with van der Waals surface area (Å²) in [6.07, 6.45) is 6.94. The molecule has 94 valence electrons. The Morgan fingerprint density at radius 1 is 1.53 bits per heavy atom. The van der Waals surface area contributed by atoms with Crippen LogP contribution in [0.15, 0.2) is 18.3 Å². The summed E-state index contributed by atoms with van der Waals surface area (Å²) in [5.41, 5.74) is 7.21. The molecule has 0 radical (unpaired) electrons. The van der Waals surface area contributed by atoms with E-state index in [9.17, 15) is 0 Å². The van der Waals surface area contributed by atoms with Crippen molar-refractivity contribution in [3.63, 3.8) is 0 Å². The zero-order valence-electron chi connectivity index (χ0n) is 10.9. The van der Waals surface area contributed by atoms with E-state index in [2.05, 4.69) is 22.9 Å². The van der Waals surface area contributed by atoms with Gasteiger partial charge in [0.15, 0.2) is 0 Å². The molecule has 3 heteroatoms. The van der Waals surface area contributed by atoms with Crippen LogP contribution >= 0.6 is 0 Å². The summed E-state index contributed by atoms with van der Waals surface area (Å²) in [7, 11) is 0. The fraction of sp³-hybridized carbons (Fsp3) is 0.643. The molecule has 17 heavy (non-hydrogen) atoms. The van der Waals surface area contributed by atoms with E-state index in [1.165, 1.54) is 31.2 Å². The molecule has 1 atom stereocenters. The highest BCUT2D eigenvalue weighted by atomic mass is 15.2. The molecule has 0 saturated heterocycles. The molecule has 0 bridgehead atoms. The Kier molecular flexibility index (Phi) is 4.00. The van der Waals surface area contributed by atoms with E-state index >= 15 is 0 Å². The van der Waals surface area contributed by atoms with Crippen LogP contribution < -0.4 is 10.6 Å². The second kappa shape index (κ2) is 5.50. The Hall–Kier alpha value is -1.09. The van der Waals surface area contributed by atoms with Crippen LogP contribution in [-0.4, -0.2) is 17.6 Å². The number of anilines is 1. The van der Waals surface area contributed by atoms with Gasteiger partial charge in [0.1, 0.15) is 5.82 Å². The third-order valence-electron chi connectivity index (χ3n) is 3.32. The summed E-state index contributed by atoms with van der Waals surface area (Å²) in [6, 6.07) is 4.84. The Balaban J connectivity index is 2.22. The average molecular weight is 233 g/mol. The number of hydrogen-bond acceptors (Lipinski definition) is 3. The van der Waals surface area contributed by atoms with Gasteiger partial charge in [-0.2, -0.15) is 0 Å². The molecule has 3 nitrogen and oxygen atoms in total. The molecule has 2 N–H and O–H groups in total. The quantitative estimate of drug-likeness (QED) is 0.821. The normalized spacial score (nSPS) is 16.9. The molecule has 1 aromatic rings. The first-order valence-corrected chi connectivity index (χ1v) is 6.71. The van der Waals surface area contributed by atoms with Crippen LogP contribution in [0.1, 0.15) is 51.1 Å². The number of hydrogen-bond donors (Lipinski definition) is 1. The van der Waals surface area contributed by atoms with Crippen molar-refractivity contribution in [2.45, 2.75) is 51.6 Å². The third-order valence-corrected chi connectivity index (χ3v) is 3.32. The van der Waals surface area contributed by atoms with Crippen LogP contribution in [0.2, 0.25) is 0 Å². The van der Waals surface area contributed by atoms with E-state index < -0.39 is 0 Å². The number of pyridine rings is 1. The molecule has 2 rings (SSSR count). The van der Waals surface area contributed by atoms with Gasteiger partial charge in [0.05, 0.1) is 0 Å². The van der Waals surface area contributed by atoms with E-state index in [1.807, 2.05) is 19.2 Å². The number of aromatic nitrogens is 1. The fourth-order valence-electron chi connectivity index (χ4n) is 2.18. The second-order valence-electron chi connectivity index (χ2n) is 4.98. The first kappa shape index (κ1) is 12.4. The minimum absolute atomic E-state index is 0.0570. The summed E-state index contributed by atoms with van der Waals surface area (Å²) < 4.78 is 0. The summed E-state index contributed by atoms with van der Waals surface area (Å²) in [4.78, 5) is 7.02. The highest BCUT2D eigenvalue weighted by Gasteiger charge is 2.31. The van der Waals surface area contributed by atoms with Crippen LogP contribution in [0, 0.1) is 0 Å². The van der Waals surface area contributed by atoms with Crippen molar-refractivity contribution in [2.75, 3.05) is 11.4 Å². The standard InChI is InChI=1S/C14H23N3/c1-3-4-10-17(12-7-8-12)14-13(11(2)15)6-5-9-16-14/h5-6,9,11-12H,3-4,7-8,10,15H2,1-2H3. The summed E-state index contributed by atoms with van der Waals surface area (Å²) in [5, 5.41) is 0. The molecule has 1 aliphatic carbocycles. The molecule has 1 aromatic heterocycles. The van der Waals surface area contributed by atoms with Crippen LogP contribution in [0.25, 0.3) is 0 Å². The summed E-state index contributed by atoms with van der Waals surface area (Å²) in [5.74, 6) is 1.11. The average Bonchev–Trinajstić information content (AvgIpc) is 3.14. The lowest BCUT2D eigenvalue weighted by Crippen LogP contribution is -2.29. The van der Waals surface area contributed by atoms with Crippen molar-refractivity contribution in [1.82, 2.24) is 4.98 Å². The molecular weight excluding hydrogens is 210 g/mol. The van der Waals surface area contributed by atoms with Crippen LogP contribution in [0.4, 0.5) is 5.82 Å². The first-order valence-electron chi connectivity index (χ1n) is 6.71. The Labute approximate surface area is 104 Å². The predicted molar refractivity (Wildman–Crippen MR) is 72.1 cm³/mol. The largest absolute Gasteiger partial charge is 0.353 e. The van der Waals surface area contributed by atoms with Crippen LogP contribution in [0.3, 0.4) is 0 Å². The summed E-state index contributed by atoms with van der Waals surface area (Å²) in [6.45, 7) is 5.37. The van der Waals surface area contributed by atoms with Crippen molar-refractivity contribution in [3.05, 3.63) is 23.9 Å². The molecule has 0 aliphatic heterocycles. The minimum Gasteiger partial charge on any atom is -0.353 e. The maximum absolute atomic E-state index is 6.03. The lowest BCUT2D eigenvalue weighted by atomic mass is 10.1. The fourth-order valence-corrected chi connectivity index (χ4v) is 2.18. The van der Waals surface area contributed by atoms with Crippen molar-refractivity contribution in [3.8, 4) is 0 Å². The predicted octanol–water partition coefficient (Wildman–Crippen LogP) is 2.87. The second-order valence-corrected chi connectivity index (χ2v) is 4.98. The molecule has 1 aliphatic rings. The zero-order chi connectivity index (χ0) is 12.3. The first-order chi connectivity index (χ1) is 8.24. The van der Waals surface area contributed by atoms with Gasteiger partial charge >= 0.3 is 0 Å². The van der Waals surface area contributed by atoms with Gasteiger partial charge in [-0.25, -0.2) is 4.98 Å². The smallest absolute Gasteiger partial charge is 0.133 e. The molecular formula is C14H23N3. The number of rotatable bonds is 6. The maximum atomic E-state index is 6.03. The number of nitrogens with zero attached hydrogens (tertiary/aromatic N) is 2. The van der Waals surface area contributed by atoms with Gasteiger partial charge in [0.25, 0.3) is 0 Å². The van der Waals surface area contributed by atoms with Crippen molar-refractivity contribution >= 4 is 5.82 Å². The SMILES string of the molecule is CCCCN(c1ncccc1C(C)N)C1CC1. The Bertz CT molecular complexity index is 358. The Morgan fingerprint density at radius 2 is 2.29 bits per heavy atom. The lowest BCUT2D eigenvalue weighted by molar-refractivity contribution is 0.691. The molecule has 1 saturated carbocycles. The highest BCUT2D eigenvalue weighted by molar-refractivity contribution is 5.50. The van der Waals surface area contributed by atoms with Gasteiger partial charge in [0, 0.05) is 30.4 Å². The van der Waals surface area contributed by atoms with E-state index in [0.717, 1.165) is 12.4 Å². The van der Waals surface area contributed by atoms with E-state index in [4.69, 9.17) is 5.73 Å². The number of nitrogens with two attached hydrogens (primary N) is 1. The zero-order valence-corrected chi connectivity index (χ0v) is 10.9. The van der Waals surface area contributed by atoms with E-state index in [0.29, 0.717) is 6.04 Å². The van der Waals surface area contributed by atoms with Crippen LogP contribution in [0.5, 0.6) is 0 Å². The van der Waals surface area contributed by atoms with Gasteiger partial charge < -0.3 is 10.6 Å². The van der Waals surface area contributed by atoms with E-state index in [1.54, 1.807) is 0 Å². The van der Waals surface area contributed by atoms with Crippen molar-refractivity contribution in [2.24, 2.45) is 5.73 Å². The van der Waals surface area contributed by atoms with Gasteiger partial charge in [0.2, 0.25) is 0 Å². The molecule has 0 aromatic carbocycles. The maximum Gasteiger partial charge on any atom is 0.133 e. The monoisotopic (exact) mass is 233 g/mol. The molecule has 1 unspecified atom stereocenters. The minimum atomic E-state index is 0.0570. The van der Waals surface area contributed by atoms with E-state index in [-0.39, 0.29) is 6.04 Å². The Morgan fingerprint density at radius 3 is 2.88 bits per heavy atom. The van der Waals surface area contributed by atoms with Gasteiger partial charge in [-0.05, 0) is 32.3 Å². The highest BCUT2D eigenvalue weighted by Crippen LogP contribution is 2.33. The lowest BCUT2D eigenvalue weighted by Gasteiger charge is -2.26. The van der Waals surface area contributed by atoms with Gasteiger partial charge in [-0.3, -0.25) is 0 Å². The van der Waals surface area contributed by atoms with Crippen molar-refractivity contribution in [1.29, 1.82) is 0 Å². The summed E-state index contributed by atoms with van der Waals surface area (Å²) >= 11 is 0. The topological polar surface area (TPSA) is 42.2 Å². The third kappa shape index (κ3) is 2.97. The molecule has 0 spiro atoms. The van der Waals surface area contributed by atoms with Gasteiger partial charge in [-0.15, -0.1) is 0 Å². The molecule has 1 heterocycles.